The van der Waals surface area contributed by atoms with Crippen LogP contribution in [0, 0.1) is 6.92 Å². The second-order valence-corrected chi connectivity index (χ2v) is 7.13. The molecule has 0 aromatic heterocycles. The van der Waals surface area contributed by atoms with Crippen LogP contribution in [-0.2, 0) is 4.79 Å². The van der Waals surface area contributed by atoms with Gasteiger partial charge in [0.05, 0.1) is 12.3 Å². The van der Waals surface area contributed by atoms with Gasteiger partial charge in [0, 0.05) is 37.6 Å². The van der Waals surface area contributed by atoms with Crippen LogP contribution in [0.1, 0.15) is 18.4 Å². The number of aromatic hydroxyl groups is 1. The summed E-state index contributed by atoms with van der Waals surface area (Å²) in [5.74, 6) is 1.22. The highest BCUT2D eigenvalue weighted by molar-refractivity contribution is 6.31. The first kappa shape index (κ1) is 19.4. The van der Waals surface area contributed by atoms with Crippen LogP contribution in [0.25, 0.3) is 0 Å². The quantitative estimate of drug-likeness (QED) is 0.763. The van der Waals surface area contributed by atoms with Gasteiger partial charge in [0.15, 0.2) is 0 Å². The SMILES string of the molecule is Cc1cc(OCCCC(=O)N2CCN(c3ccccc3O)CC2)ccc1Cl. The maximum atomic E-state index is 12.4. The number of rotatable bonds is 6. The number of phenols is 1. The average molecular weight is 389 g/mol. The van der Waals surface area contributed by atoms with Crippen LogP contribution in [0.3, 0.4) is 0 Å². The monoisotopic (exact) mass is 388 g/mol. The van der Waals surface area contributed by atoms with Gasteiger partial charge >= 0.3 is 0 Å². The number of benzene rings is 2. The lowest BCUT2D eigenvalue weighted by Gasteiger charge is -2.36. The first-order valence-electron chi connectivity index (χ1n) is 9.24. The van der Waals surface area contributed by atoms with Gasteiger partial charge in [0.2, 0.25) is 5.91 Å². The summed E-state index contributed by atoms with van der Waals surface area (Å²) < 4.78 is 5.70. The predicted molar refractivity (Wildman–Crippen MR) is 108 cm³/mol. The van der Waals surface area contributed by atoms with Crippen molar-refractivity contribution in [2.75, 3.05) is 37.7 Å². The molecule has 0 saturated carbocycles. The molecule has 5 nitrogen and oxygen atoms in total. The summed E-state index contributed by atoms with van der Waals surface area (Å²) in [6.45, 7) is 5.24. The third-order valence-electron chi connectivity index (χ3n) is 4.79. The first-order chi connectivity index (χ1) is 13.0. The number of piperazine rings is 1. The fourth-order valence-corrected chi connectivity index (χ4v) is 3.32. The van der Waals surface area contributed by atoms with Crippen molar-refractivity contribution in [3.05, 3.63) is 53.1 Å². The highest BCUT2D eigenvalue weighted by Gasteiger charge is 2.22. The number of nitrogens with zero attached hydrogens (tertiary/aromatic N) is 2. The van der Waals surface area contributed by atoms with E-state index in [1.807, 2.05) is 48.2 Å². The number of halogens is 1. The predicted octanol–water partition coefficient (Wildman–Crippen LogP) is 3.86. The molecular formula is C21H25ClN2O3. The molecule has 6 heteroatoms. The molecular weight excluding hydrogens is 364 g/mol. The van der Waals surface area contributed by atoms with E-state index in [9.17, 15) is 9.90 Å². The Hall–Kier alpha value is -2.40. The van der Waals surface area contributed by atoms with Crippen molar-refractivity contribution in [2.24, 2.45) is 0 Å². The molecule has 1 saturated heterocycles. The second kappa shape index (κ2) is 9.00. The lowest BCUT2D eigenvalue weighted by atomic mass is 10.2. The van der Waals surface area contributed by atoms with Crippen LogP contribution in [0.4, 0.5) is 5.69 Å². The van der Waals surface area contributed by atoms with Crippen LogP contribution in [-0.4, -0.2) is 48.7 Å². The Morgan fingerprint density at radius 3 is 2.59 bits per heavy atom. The van der Waals surface area contributed by atoms with Gasteiger partial charge in [0.1, 0.15) is 11.5 Å². The molecule has 3 rings (SSSR count). The summed E-state index contributed by atoms with van der Waals surface area (Å²) in [5.41, 5.74) is 1.81. The zero-order valence-corrected chi connectivity index (χ0v) is 16.3. The third kappa shape index (κ3) is 5.07. The average Bonchev–Trinajstić information content (AvgIpc) is 2.68. The van der Waals surface area contributed by atoms with Crippen molar-refractivity contribution in [2.45, 2.75) is 19.8 Å². The Morgan fingerprint density at radius 2 is 1.89 bits per heavy atom. The van der Waals surface area contributed by atoms with Crippen LogP contribution in [0.2, 0.25) is 5.02 Å². The molecule has 1 aliphatic rings. The smallest absolute Gasteiger partial charge is 0.222 e. The van der Waals surface area contributed by atoms with Gasteiger partial charge in [-0.2, -0.15) is 0 Å². The van der Waals surface area contributed by atoms with Gasteiger partial charge in [-0.25, -0.2) is 0 Å². The molecule has 1 fully saturated rings. The van der Waals surface area contributed by atoms with E-state index >= 15 is 0 Å². The standard InChI is InChI=1S/C21H25ClN2O3/c1-16-15-17(8-9-18(16)22)27-14-4-7-21(26)24-12-10-23(11-13-24)19-5-2-3-6-20(19)25/h2-3,5-6,8-9,15,25H,4,7,10-14H2,1H3. The van der Waals surface area contributed by atoms with Crippen LogP contribution in [0.5, 0.6) is 11.5 Å². The van der Waals surface area contributed by atoms with Crippen molar-refractivity contribution in [3.8, 4) is 11.5 Å². The number of phenolic OH excluding ortho intramolecular Hbond substituents is 1. The molecule has 2 aromatic rings. The van der Waals surface area contributed by atoms with Gasteiger partial charge < -0.3 is 19.6 Å². The van der Waals surface area contributed by atoms with Crippen LogP contribution >= 0.6 is 11.6 Å². The Balaban J connectivity index is 1.39. The fourth-order valence-electron chi connectivity index (χ4n) is 3.21. The number of para-hydroxylation sites is 2. The number of carbonyl (C=O) groups is 1. The Labute approximate surface area is 165 Å². The summed E-state index contributed by atoms with van der Waals surface area (Å²) in [6.07, 6.45) is 1.16. The lowest BCUT2D eigenvalue weighted by molar-refractivity contribution is -0.131. The Bertz CT molecular complexity index is 789. The van der Waals surface area contributed by atoms with Crippen molar-refractivity contribution < 1.29 is 14.6 Å². The number of hydrogen-bond acceptors (Lipinski definition) is 4. The molecule has 1 aliphatic heterocycles. The topological polar surface area (TPSA) is 53.0 Å². The van der Waals surface area contributed by atoms with Gasteiger partial charge in [-0.1, -0.05) is 23.7 Å². The van der Waals surface area contributed by atoms with Crippen molar-refractivity contribution >= 4 is 23.2 Å². The van der Waals surface area contributed by atoms with E-state index in [0.717, 1.165) is 35.1 Å². The summed E-state index contributed by atoms with van der Waals surface area (Å²) in [6, 6.07) is 12.9. The molecule has 0 aliphatic carbocycles. The molecule has 1 heterocycles. The van der Waals surface area contributed by atoms with E-state index in [0.29, 0.717) is 32.5 Å². The second-order valence-electron chi connectivity index (χ2n) is 6.72. The molecule has 0 radical (unpaired) electrons. The highest BCUT2D eigenvalue weighted by Crippen LogP contribution is 2.27. The maximum Gasteiger partial charge on any atom is 0.222 e. The number of ether oxygens (including phenoxy) is 1. The van der Waals surface area contributed by atoms with Gasteiger partial charge in [-0.05, 0) is 49.2 Å². The molecule has 1 N–H and O–H groups in total. The number of anilines is 1. The molecule has 0 atom stereocenters. The molecule has 144 valence electrons. The fraction of sp³-hybridized carbons (Fsp3) is 0.381. The summed E-state index contributed by atoms with van der Waals surface area (Å²) in [4.78, 5) is 16.4. The van der Waals surface area contributed by atoms with Crippen molar-refractivity contribution in [1.29, 1.82) is 0 Å². The van der Waals surface area contributed by atoms with E-state index in [1.54, 1.807) is 6.07 Å². The highest BCUT2D eigenvalue weighted by atomic mass is 35.5. The molecule has 0 spiro atoms. The molecule has 2 aromatic carbocycles. The first-order valence-corrected chi connectivity index (χ1v) is 9.62. The molecule has 0 bridgehead atoms. The minimum Gasteiger partial charge on any atom is -0.506 e. The lowest BCUT2D eigenvalue weighted by Crippen LogP contribution is -2.48. The molecule has 0 unspecified atom stereocenters. The number of carbonyl (C=O) groups excluding carboxylic acids is 1. The summed E-state index contributed by atoms with van der Waals surface area (Å²) >= 11 is 6.00. The minimum absolute atomic E-state index is 0.155. The number of hydrogen-bond donors (Lipinski definition) is 1. The van der Waals surface area contributed by atoms with E-state index in [4.69, 9.17) is 16.3 Å². The Kier molecular flexibility index (Phi) is 6.45. The van der Waals surface area contributed by atoms with Crippen LogP contribution in [0.15, 0.2) is 42.5 Å². The zero-order chi connectivity index (χ0) is 19.2. The molecule has 1 amide bonds. The van der Waals surface area contributed by atoms with Gasteiger partial charge in [-0.15, -0.1) is 0 Å². The van der Waals surface area contributed by atoms with Crippen LogP contribution < -0.4 is 9.64 Å². The number of aryl methyl sites for hydroxylation is 1. The van der Waals surface area contributed by atoms with Crippen molar-refractivity contribution in [1.82, 2.24) is 4.90 Å². The zero-order valence-electron chi connectivity index (χ0n) is 15.5. The molecule has 27 heavy (non-hydrogen) atoms. The number of amides is 1. The van der Waals surface area contributed by atoms with E-state index in [1.165, 1.54) is 0 Å². The van der Waals surface area contributed by atoms with E-state index < -0.39 is 0 Å². The van der Waals surface area contributed by atoms with Gasteiger partial charge in [-0.3, -0.25) is 4.79 Å². The maximum absolute atomic E-state index is 12.4. The van der Waals surface area contributed by atoms with E-state index in [2.05, 4.69) is 4.90 Å². The normalized spacial score (nSPS) is 14.3. The van der Waals surface area contributed by atoms with Crippen molar-refractivity contribution in [3.63, 3.8) is 0 Å². The van der Waals surface area contributed by atoms with E-state index in [-0.39, 0.29) is 11.7 Å². The third-order valence-corrected chi connectivity index (χ3v) is 5.21. The minimum atomic E-state index is 0.155. The Morgan fingerprint density at radius 1 is 1.15 bits per heavy atom. The summed E-state index contributed by atoms with van der Waals surface area (Å²) in [7, 11) is 0. The summed E-state index contributed by atoms with van der Waals surface area (Å²) in [5, 5.41) is 10.7. The van der Waals surface area contributed by atoms with Gasteiger partial charge in [0.25, 0.3) is 0 Å². The largest absolute Gasteiger partial charge is 0.506 e.